The second-order valence-corrected chi connectivity index (χ2v) is 9.08. The normalized spacial score (nSPS) is 16.8. The lowest BCUT2D eigenvalue weighted by Gasteiger charge is -2.31. The fourth-order valence-corrected chi connectivity index (χ4v) is 4.77. The molecule has 21 heavy (non-hydrogen) atoms. The maximum atomic E-state index is 12.7. The van der Waals surface area contributed by atoms with Crippen LogP contribution in [-0.2, 0) is 22.7 Å². The van der Waals surface area contributed by atoms with Crippen molar-refractivity contribution >= 4 is 9.84 Å². The highest BCUT2D eigenvalue weighted by Gasteiger charge is 2.30. The van der Waals surface area contributed by atoms with Gasteiger partial charge in [-0.2, -0.15) is 0 Å². The molecule has 0 heterocycles. The second kappa shape index (κ2) is 6.09. The molecule has 0 bridgehead atoms. The van der Waals surface area contributed by atoms with E-state index in [0.29, 0.717) is 4.90 Å². The number of sulfone groups is 1. The largest absolute Gasteiger partial charge is 0.313 e. The van der Waals surface area contributed by atoms with Crippen LogP contribution < -0.4 is 5.32 Å². The summed E-state index contributed by atoms with van der Waals surface area (Å²) in [6, 6.07) is 5.63. The zero-order valence-corrected chi connectivity index (χ0v) is 14.4. The molecular formula is C17H27NO2S. The van der Waals surface area contributed by atoms with Gasteiger partial charge in [-0.25, -0.2) is 8.42 Å². The summed E-state index contributed by atoms with van der Waals surface area (Å²) in [5.74, 6) is 0.156. The fourth-order valence-electron chi connectivity index (χ4n) is 2.92. The van der Waals surface area contributed by atoms with Crippen LogP contribution in [0, 0.1) is 5.41 Å². The Morgan fingerprint density at radius 3 is 2.48 bits per heavy atom. The monoisotopic (exact) mass is 309 g/mol. The Morgan fingerprint density at radius 1 is 1.19 bits per heavy atom. The molecule has 4 heteroatoms. The number of rotatable bonds is 5. The molecule has 1 unspecified atom stereocenters. The van der Waals surface area contributed by atoms with E-state index in [2.05, 4.69) is 26.1 Å². The summed E-state index contributed by atoms with van der Waals surface area (Å²) in [5.41, 5.74) is 2.44. The van der Waals surface area contributed by atoms with Gasteiger partial charge in [-0.1, -0.05) is 33.8 Å². The van der Waals surface area contributed by atoms with Gasteiger partial charge >= 0.3 is 0 Å². The van der Waals surface area contributed by atoms with E-state index in [1.54, 1.807) is 6.07 Å². The standard InChI is InChI=1S/C17H27NO2S/c1-5-18-16(17(2,3)4)12-21(19,20)15-10-9-13-7-6-8-14(13)11-15/h9-11,16,18H,5-8,12H2,1-4H3. The third-order valence-corrected chi connectivity index (χ3v) is 6.06. The van der Waals surface area contributed by atoms with Gasteiger partial charge in [0.1, 0.15) is 0 Å². The van der Waals surface area contributed by atoms with Crippen LogP contribution in [0.1, 0.15) is 45.2 Å². The molecule has 0 spiro atoms. The van der Waals surface area contributed by atoms with E-state index >= 15 is 0 Å². The SMILES string of the molecule is CCNC(CS(=O)(=O)c1ccc2c(c1)CCC2)C(C)(C)C. The van der Waals surface area contributed by atoms with Gasteiger partial charge in [0.25, 0.3) is 0 Å². The molecule has 0 fully saturated rings. The van der Waals surface area contributed by atoms with E-state index in [1.165, 1.54) is 11.1 Å². The quantitative estimate of drug-likeness (QED) is 0.909. The van der Waals surface area contributed by atoms with Crippen LogP contribution in [0.4, 0.5) is 0 Å². The highest BCUT2D eigenvalue weighted by molar-refractivity contribution is 7.91. The summed E-state index contributed by atoms with van der Waals surface area (Å²) in [6.45, 7) is 9.04. The van der Waals surface area contributed by atoms with Crippen LogP contribution in [-0.4, -0.2) is 26.8 Å². The zero-order chi connectivity index (χ0) is 15.7. The molecule has 0 radical (unpaired) electrons. The number of hydrogen-bond donors (Lipinski definition) is 1. The van der Waals surface area contributed by atoms with Gasteiger partial charge in [-0.3, -0.25) is 0 Å². The van der Waals surface area contributed by atoms with Crippen LogP contribution in [0.25, 0.3) is 0 Å². The molecule has 1 aromatic rings. The van der Waals surface area contributed by atoms with Gasteiger partial charge in [-0.05, 0) is 54.5 Å². The molecule has 0 aliphatic heterocycles. The smallest absolute Gasteiger partial charge is 0.179 e. The Labute approximate surface area is 129 Å². The van der Waals surface area contributed by atoms with Crippen LogP contribution in [0.5, 0.6) is 0 Å². The van der Waals surface area contributed by atoms with E-state index in [0.717, 1.165) is 25.8 Å². The third-order valence-electron chi connectivity index (χ3n) is 4.31. The first-order chi connectivity index (χ1) is 9.74. The van der Waals surface area contributed by atoms with Crippen molar-refractivity contribution in [2.24, 2.45) is 5.41 Å². The number of aryl methyl sites for hydroxylation is 2. The van der Waals surface area contributed by atoms with Crippen molar-refractivity contribution in [3.63, 3.8) is 0 Å². The Kier molecular flexibility index (Phi) is 4.79. The highest BCUT2D eigenvalue weighted by atomic mass is 32.2. The van der Waals surface area contributed by atoms with Crippen LogP contribution in [0.3, 0.4) is 0 Å². The van der Waals surface area contributed by atoms with E-state index in [9.17, 15) is 8.42 Å². The average molecular weight is 309 g/mol. The number of benzene rings is 1. The van der Waals surface area contributed by atoms with Crippen LogP contribution in [0.2, 0.25) is 0 Å². The molecular weight excluding hydrogens is 282 g/mol. The van der Waals surface area contributed by atoms with E-state index in [4.69, 9.17) is 0 Å². The highest BCUT2D eigenvalue weighted by Crippen LogP contribution is 2.27. The van der Waals surface area contributed by atoms with Crippen molar-refractivity contribution in [1.29, 1.82) is 0 Å². The summed E-state index contributed by atoms with van der Waals surface area (Å²) in [4.78, 5) is 0.482. The van der Waals surface area contributed by atoms with E-state index in [-0.39, 0.29) is 17.2 Å². The Balaban J connectivity index is 2.25. The first-order valence-corrected chi connectivity index (χ1v) is 9.47. The number of nitrogens with one attached hydrogen (secondary N) is 1. The lowest BCUT2D eigenvalue weighted by atomic mass is 9.88. The molecule has 2 rings (SSSR count). The predicted octanol–water partition coefficient (Wildman–Crippen LogP) is 2.97. The summed E-state index contributed by atoms with van der Waals surface area (Å²) < 4.78 is 25.4. The van der Waals surface area contributed by atoms with Crippen LogP contribution >= 0.6 is 0 Å². The number of fused-ring (bicyclic) bond motifs is 1. The second-order valence-electron chi connectivity index (χ2n) is 7.04. The maximum Gasteiger partial charge on any atom is 0.179 e. The van der Waals surface area contributed by atoms with Gasteiger partial charge < -0.3 is 5.32 Å². The minimum atomic E-state index is -3.25. The summed E-state index contributed by atoms with van der Waals surface area (Å²) in [5, 5.41) is 3.32. The Hall–Kier alpha value is -0.870. The minimum absolute atomic E-state index is 0.0410. The maximum absolute atomic E-state index is 12.7. The van der Waals surface area contributed by atoms with Crippen molar-refractivity contribution < 1.29 is 8.42 Å². The molecule has 3 nitrogen and oxygen atoms in total. The lowest BCUT2D eigenvalue weighted by Crippen LogP contribution is -2.45. The Morgan fingerprint density at radius 2 is 1.86 bits per heavy atom. The van der Waals surface area contributed by atoms with Gasteiger partial charge in [0, 0.05) is 6.04 Å². The van der Waals surface area contributed by atoms with Crippen molar-refractivity contribution in [2.75, 3.05) is 12.3 Å². The Bertz CT molecular complexity index is 600. The predicted molar refractivity (Wildman–Crippen MR) is 87.4 cm³/mol. The molecule has 0 aromatic heterocycles. The molecule has 1 aromatic carbocycles. The number of hydrogen-bond acceptors (Lipinski definition) is 3. The van der Waals surface area contributed by atoms with Crippen molar-refractivity contribution in [3.8, 4) is 0 Å². The summed E-state index contributed by atoms with van der Waals surface area (Å²) in [7, 11) is -3.25. The molecule has 0 saturated heterocycles. The summed E-state index contributed by atoms with van der Waals surface area (Å²) >= 11 is 0. The first kappa shape index (κ1) is 16.5. The third kappa shape index (κ3) is 3.86. The van der Waals surface area contributed by atoms with Crippen LogP contribution in [0.15, 0.2) is 23.1 Å². The topological polar surface area (TPSA) is 46.2 Å². The van der Waals surface area contributed by atoms with Crippen molar-refractivity contribution in [2.45, 2.75) is 57.9 Å². The van der Waals surface area contributed by atoms with Gasteiger partial charge in [0.15, 0.2) is 9.84 Å². The fraction of sp³-hybridized carbons (Fsp3) is 0.647. The zero-order valence-electron chi connectivity index (χ0n) is 13.6. The molecule has 0 saturated carbocycles. The molecule has 1 aliphatic rings. The lowest BCUT2D eigenvalue weighted by molar-refractivity contribution is 0.292. The van der Waals surface area contributed by atoms with Crippen molar-refractivity contribution in [3.05, 3.63) is 29.3 Å². The van der Waals surface area contributed by atoms with Crippen molar-refractivity contribution in [1.82, 2.24) is 5.32 Å². The molecule has 0 amide bonds. The van der Waals surface area contributed by atoms with E-state index in [1.807, 2.05) is 19.1 Å². The molecule has 1 atom stereocenters. The molecule has 1 aliphatic carbocycles. The van der Waals surface area contributed by atoms with E-state index < -0.39 is 9.84 Å². The average Bonchev–Trinajstić information content (AvgIpc) is 2.84. The first-order valence-electron chi connectivity index (χ1n) is 7.82. The van der Waals surface area contributed by atoms with Gasteiger partial charge in [-0.15, -0.1) is 0 Å². The molecule has 118 valence electrons. The minimum Gasteiger partial charge on any atom is -0.313 e. The van der Waals surface area contributed by atoms with Gasteiger partial charge in [0.2, 0.25) is 0 Å². The van der Waals surface area contributed by atoms with Gasteiger partial charge in [0.05, 0.1) is 10.6 Å². The summed E-state index contributed by atoms with van der Waals surface area (Å²) in [6.07, 6.45) is 3.23. The molecule has 1 N–H and O–H groups in total.